The lowest BCUT2D eigenvalue weighted by atomic mass is 9.97. The van der Waals surface area contributed by atoms with Crippen LogP contribution in [-0.2, 0) is 40.2 Å². The summed E-state index contributed by atoms with van der Waals surface area (Å²) in [5.74, 6) is -2.87. The summed E-state index contributed by atoms with van der Waals surface area (Å²) < 4.78 is 62.9. The van der Waals surface area contributed by atoms with Gasteiger partial charge in [-0.1, -0.05) is 161 Å². The Bertz CT molecular complexity index is 1200. The van der Waals surface area contributed by atoms with E-state index in [0.29, 0.717) is 33.0 Å². The van der Waals surface area contributed by atoms with Gasteiger partial charge < -0.3 is 23.7 Å². The molecule has 58 heavy (non-hydrogen) atoms. The number of unbranched alkanes of at least 4 members (excludes halogenated alkanes) is 21. The molecule has 0 bridgehead atoms. The molecular formula is C48H93NO8S. The minimum Gasteiger partial charge on any atom is -0.373 e. The number of rotatable bonds is 38. The van der Waals surface area contributed by atoms with Gasteiger partial charge in [-0.05, 0) is 90.5 Å². The van der Waals surface area contributed by atoms with Crippen molar-refractivity contribution in [2.45, 2.75) is 246 Å². The van der Waals surface area contributed by atoms with Crippen molar-refractivity contribution in [2.75, 3.05) is 33.0 Å². The van der Waals surface area contributed by atoms with E-state index >= 15 is 0 Å². The van der Waals surface area contributed by atoms with Crippen LogP contribution in [0.5, 0.6) is 0 Å². The van der Waals surface area contributed by atoms with Gasteiger partial charge in [-0.25, -0.2) is 0 Å². The van der Waals surface area contributed by atoms with Crippen LogP contribution < -0.4 is 5.73 Å². The Balaban J connectivity index is 0.00000119. The van der Waals surface area contributed by atoms with Crippen LogP contribution in [-0.4, -0.2) is 63.8 Å². The molecule has 1 aromatic carbocycles. The van der Waals surface area contributed by atoms with E-state index < -0.39 is 21.8 Å². The van der Waals surface area contributed by atoms with Crippen LogP contribution in [0.4, 0.5) is 0 Å². The molecule has 0 aliphatic heterocycles. The molecule has 3 N–H and O–H groups in total. The van der Waals surface area contributed by atoms with Crippen molar-refractivity contribution >= 4 is 10.1 Å². The Hall–Kier alpha value is -1.11. The molecule has 0 saturated carbocycles. The van der Waals surface area contributed by atoms with Gasteiger partial charge in [0.25, 0.3) is 21.8 Å². The molecule has 9 nitrogen and oxygen atoms in total. The average molecular weight is 844 g/mol. The van der Waals surface area contributed by atoms with Crippen molar-refractivity contribution in [2.24, 2.45) is 5.73 Å². The lowest BCUT2D eigenvalue weighted by molar-refractivity contribution is -0.432. The van der Waals surface area contributed by atoms with Gasteiger partial charge in [0, 0.05) is 33.0 Å². The van der Waals surface area contributed by atoms with Gasteiger partial charge in [0.15, 0.2) is 0 Å². The summed E-state index contributed by atoms with van der Waals surface area (Å²) in [4.78, 5) is 0.0847. The molecule has 0 aromatic heterocycles. The molecule has 0 fully saturated rings. The van der Waals surface area contributed by atoms with E-state index in [2.05, 4.69) is 13.8 Å². The molecule has 0 radical (unpaired) electrons. The van der Waals surface area contributed by atoms with Gasteiger partial charge in [-0.15, -0.1) is 0 Å². The molecule has 0 spiro atoms. The van der Waals surface area contributed by atoms with Gasteiger partial charge in [0.2, 0.25) is 0 Å². The number of hydrogen-bond donors (Lipinski definition) is 2. The lowest BCUT2D eigenvalue weighted by Crippen LogP contribution is -2.72. The highest BCUT2D eigenvalue weighted by Crippen LogP contribution is 2.37. The van der Waals surface area contributed by atoms with Crippen LogP contribution in [0, 0.1) is 13.8 Å². The summed E-state index contributed by atoms with van der Waals surface area (Å²) in [5.41, 5.74) is 9.52. The van der Waals surface area contributed by atoms with Gasteiger partial charge in [-0.2, -0.15) is 8.42 Å². The smallest absolute Gasteiger partial charge is 0.294 e. The molecule has 10 heteroatoms. The first-order valence-electron chi connectivity index (χ1n) is 23.9. The Morgan fingerprint density at radius 1 is 0.552 bits per heavy atom. The van der Waals surface area contributed by atoms with Crippen LogP contribution in [0.2, 0.25) is 0 Å². The minimum atomic E-state index is -4.14. The number of nitrogens with two attached hydrogens (primary N) is 1. The minimum absolute atomic E-state index is 0.0847. The second-order valence-electron chi connectivity index (χ2n) is 15.9. The summed E-state index contributed by atoms with van der Waals surface area (Å²) in [6.45, 7) is 20.2. The highest BCUT2D eigenvalue weighted by Gasteiger charge is 2.59. The summed E-state index contributed by atoms with van der Waals surface area (Å²) in [5, 5.41) is 0. The molecule has 0 saturated heterocycles. The van der Waals surface area contributed by atoms with Gasteiger partial charge in [0.1, 0.15) is 6.10 Å². The second kappa shape index (κ2) is 35.5. The highest BCUT2D eigenvalue weighted by molar-refractivity contribution is 7.85. The Morgan fingerprint density at radius 3 is 1.29 bits per heavy atom. The highest BCUT2D eigenvalue weighted by atomic mass is 32.2. The number of benzene rings is 1. The quantitative estimate of drug-likeness (QED) is 0.0380. The van der Waals surface area contributed by atoms with Gasteiger partial charge >= 0.3 is 0 Å². The van der Waals surface area contributed by atoms with Gasteiger partial charge in [0.05, 0.1) is 4.90 Å². The first-order chi connectivity index (χ1) is 27.9. The Labute approximate surface area is 358 Å². The third kappa shape index (κ3) is 23.2. The zero-order chi connectivity index (χ0) is 43.5. The molecule has 0 amide bonds. The third-order valence-electron chi connectivity index (χ3n) is 11.2. The van der Waals surface area contributed by atoms with Crippen LogP contribution in [0.15, 0.2) is 17.0 Å². The van der Waals surface area contributed by atoms with Crippen molar-refractivity contribution < 1.29 is 36.7 Å². The molecule has 344 valence electrons. The van der Waals surface area contributed by atoms with E-state index in [4.69, 9.17) is 29.4 Å². The zero-order valence-corrected chi connectivity index (χ0v) is 40.1. The van der Waals surface area contributed by atoms with E-state index in [1.807, 2.05) is 48.5 Å². The topological polar surface area (TPSA) is 127 Å². The monoisotopic (exact) mass is 844 g/mol. The third-order valence-corrected chi connectivity index (χ3v) is 12.1. The number of hydrogen-bond acceptors (Lipinski definition) is 8. The molecule has 1 rings (SSSR count). The normalized spacial score (nSPS) is 12.8. The van der Waals surface area contributed by atoms with Crippen molar-refractivity contribution in [3.05, 3.63) is 28.8 Å². The Morgan fingerprint density at radius 2 is 0.931 bits per heavy atom. The fourth-order valence-electron chi connectivity index (χ4n) is 7.88. The van der Waals surface area contributed by atoms with E-state index in [1.165, 1.54) is 128 Å². The molecule has 0 aliphatic carbocycles. The predicted molar refractivity (Wildman–Crippen MR) is 243 cm³/mol. The van der Waals surface area contributed by atoms with Crippen LogP contribution in [0.25, 0.3) is 0 Å². The van der Waals surface area contributed by atoms with Crippen molar-refractivity contribution in [1.29, 1.82) is 0 Å². The largest absolute Gasteiger partial charge is 0.373 e. The van der Waals surface area contributed by atoms with Crippen LogP contribution >= 0.6 is 0 Å². The predicted octanol–water partition coefficient (Wildman–Crippen LogP) is 13.3. The summed E-state index contributed by atoms with van der Waals surface area (Å²) in [6.07, 6.45) is 30.9. The van der Waals surface area contributed by atoms with E-state index in [0.717, 1.165) is 55.2 Å². The molecule has 0 heterocycles. The first-order valence-corrected chi connectivity index (χ1v) is 25.4. The summed E-state index contributed by atoms with van der Waals surface area (Å²) in [6, 6.07) is 3.30. The fraction of sp³-hybridized carbons (Fsp3) is 0.875. The fourth-order valence-corrected chi connectivity index (χ4v) is 8.68. The molecular weight excluding hydrogens is 751 g/mol. The lowest BCUT2D eigenvalue weighted by Gasteiger charge is -2.49. The van der Waals surface area contributed by atoms with Crippen molar-refractivity contribution in [3.8, 4) is 0 Å². The maximum atomic E-state index is 11.6. The number of aryl methyl sites for hydroxylation is 1. The second-order valence-corrected chi connectivity index (χ2v) is 17.3. The summed E-state index contributed by atoms with van der Waals surface area (Å²) in [7, 11) is -4.14. The van der Waals surface area contributed by atoms with Crippen molar-refractivity contribution in [1.82, 2.24) is 0 Å². The van der Waals surface area contributed by atoms with E-state index in [1.54, 1.807) is 6.07 Å². The molecule has 1 unspecified atom stereocenters. The van der Waals surface area contributed by atoms with E-state index in [-0.39, 0.29) is 11.0 Å². The molecule has 0 aliphatic rings. The average Bonchev–Trinajstić information content (AvgIpc) is 3.18. The molecule has 1 atom stereocenters. The Kier molecular flexibility index (Phi) is 34.8. The SMILES string of the molecule is CCCCCCCCCCCCCCCC(OCC)C(OCC)(OCC)C(N)(OCC)OCC.CCCCCCCCCCCCc1c(S(=O)(=O)O)ccc(C)c1C. The summed E-state index contributed by atoms with van der Waals surface area (Å²) >= 11 is 0. The maximum absolute atomic E-state index is 11.6. The number of ether oxygens (including phenoxy) is 5. The standard InChI is InChI=1S/C28H59NO5.C20H34O3S/c1-7-13-14-15-16-17-18-19-20-21-22-23-24-25-26(30-8-2)27(31-9-3,32-10-4)28(29,33-11-5)34-12-6;1-4-5-6-7-8-9-10-11-12-13-14-19-18(3)17(2)15-16-20(19)24(21,22)23/h26H,7-25,29H2,1-6H3;15-16H,4-14H2,1-3H3,(H,21,22,23). The zero-order valence-electron chi connectivity index (χ0n) is 39.2. The van der Waals surface area contributed by atoms with E-state index in [9.17, 15) is 13.0 Å². The maximum Gasteiger partial charge on any atom is 0.294 e. The molecule has 1 aromatic rings. The first kappa shape index (κ1) is 56.9. The van der Waals surface area contributed by atoms with Crippen molar-refractivity contribution in [3.63, 3.8) is 0 Å². The van der Waals surface area contributed by atoms with Crippen LogP contribution in [0.3, 0.4) is 0 Å². The van der Waals surface area contributed by atoms with Crippen LogP contribution in [0.1, 0.15) is 219 Å². The van der Waals surface area contributed by atoms with Gasteiger partial charge in [-0.3, -0.25) is 10.3 Å².